The van der Waals surface area contributed by atoms with E-state index in [2.05, 4.69) is 15.6 Å². The minimum Gasteiger partial charge on any atom is -0.497 e. The fourth-order valence-corrected chi connectivity index (χ4v) is 3.01. The molecule has 150 valence electrons. The van der Waals surface area contributed by atoms with Crippen LogP contribution in [0.25, 0.3) is 11.3 Å². The van der Waals surface area contributed by atoms with Crippen molar-refractivity contribution < 1.29 is 9.47 Å². The average Bonchev–Trinajstić information content (AvgIpc) is 2.80. The predicted octanol–water partition coefficient (Wildman–Crippen LogP) is 5.65. The number of ether oxygens (including phenoxy) is 2. The van der Waals surface area contributed by atoms with Gasteiger partial charge in [0.15, 0.2) is 0 Å². The first-order chi connectivity index (χ1) is 14.7. The van der Waals surface area contributed by atoms with Crippen LogP contribution in [0.3, 0.4) is 0 Å². The number of methoxy groups -OCH3 is 2. The number of aromatic nitrogens is 2. The van der Waals surface area contributed by atoms with Gasteiger partial charge in [-0.2, -0.15) is 4.98 Å². The summed E-state index contributed by atoms with van der Waals surface area (Å²) in [5.41, 5.74) is 3.50. The first-order valence-corrected chi connectivity index (χ1v) is 9.51. The maximum absolute atomic E-state index is 5.45. The number of anilines is 4. The summed E-state index contributed by atoms with van der Waals surface area (Å²) in [5, 5.41) is 6.61. The normalized spacial score (nSPS) is 10.3. The predicted molar refractivity (Wildman–Crippen MR) is 120 cm³/mol. The fourth-order valence-electron chi connectivity index (χ4n) is 3.01. The molecular weight excluding hydrogens is 376 g/mol. The van der Waals surface area contributed by atoms with Gasteiger partial charge in [0.05, 0.1) is 25.6 Å². The van der Waals surface area contributed by atoms with Crippen LogP contribution in [0.5, 0.6) is 11.5 Å². The lowest BCUT2D eigenvalue weighted by Gasteiger charge is -2.13. The van der Waals surface area contributed by atoms with Gasteiger partial charge in [0, 0.05) is 17.3 Å². The van der Waals surface area contributed by atoms with E-state index in [1.54, 1.807) is 14.2 Å². The molecule has 0 aliphatic heterocycles. The van der Waals surface area contributed by atoms with E-state index >= 15 is 0 Å². The Morgan fingerprint density at radius 3 is 2.17 bits per heavy atom. The van der Waals surface area contributed by atoms with E-state index in [-0.39, 0.29) is 0 Å². The molecule has 0 spiro atoms. The van der Waals surface area contributed by atoms with Gasteiger partial charge in [-0.15, -0.1) is 0 Å². The summed E-state index contributed by atoms with van der Waals surface area (Å²) in [7, 11) is 3.29. The van der Waals surface area contributed by atoms with Crippen LogP contribution in [0.1, 0.15) is 0 Å². The first kappa shape index (κ1) is 19.3. The topological polar surface area (TPSA) is 68.3 Å². The molecule has 0 saturated heterocycles. The third-order valence-corrected chi connectivity index (χ3v) is 4.51. The minimum absolute atomic E-state index is 0.485. The molecule has 3 aromatic carbocycles. The monoisotopic (exact) mass is 398 g/mol. The van der Waals surface area contributed by atoms with Gasteiger partial charge >= 0.3 is 0 Å². The van der Waals surface area contributed by atoms with Gasteiger partial charge in [-0.1, -0.05) is 42.5 Å². The van der Waals surface area contributed by atoms with Crippen molar-refractivity contribution in [3.8, 4) is 22.8 Å². The molecule has 0 radical (unpaired) electrons. The van der Waals surface area contributed by atoms with Gasteiger partial charge in [0.1, 0.15) is 17.3 Å². The summed E-state index contributed by atoms with van der Waals surface area (Å²) in [4.78, 5) is 9.35. The number of nitrogens with one attached hydrogen (secondary N) is 2. The molecule has 0 fully saturated rings. The highest BCUT2D eigenvalue weighted by molar-refractivity contribution is 5.71. The number of rotatable bonds is 7. The lowest BCUT2D eigenvalue weighted by Crippen LogP contribution is -2.03. The molecule has 0 atom stereocenters. The zero-order chi connectivity index (χ0) is 20.8. The smallest absolute Gasteiger partial charge is 0.229 e. The number of nitrogens with zero attached hydrogens (tertiary/aromatic N) is 2. The van der Waals surface area contributed by atoms with Crippen molar-refractivity contribution in [2.75, 3.05) is 24.9 Å². The van der Waals surface area contributed by atoms with Crippen LogP contribution >= 0.6 is 0 Å². The molecule has 0 unspecified atom stereocenters. The van der Waals surface area contributed by atoms with Crippen LogP contribution in [0.4, 0.5) is 23.1 Å². The summed E-state index contributed by atoms with van der Waals surface area (Å²) in [6.45, 7) is 0. The van der Waals surface area contributed by atoms with Crippen molar-refractivity contribution in [2.24, 2.45) is 0 Å². The fraction of sp³-hybridized carbons (Fsp3) is 0.0833. The second kappa shape index (κ2) is 8.96. The van der Waals surface area contributed by atoms with Crippen molar-refractivity contribution in [1.29, 1.82) is 0 Å². The van der Waals surface area contributed by atoms with E-state index in [0.717, 1.165) is 34.1 Å². The second-order valence-electron chi connectivity index (χ2n) is 6.51. The maximum Gasteiger partial charge on any atom is 0.229 e. The molecule has 0 amide bonds. The quantitative estimate of drug-likeness (QED) is 0.419. The Labute approximate surface area is 175 Å². The van der Waals surface area contributed by atoms with Gasteiger partial charge in [-0.3, -0.25) is 0 Å². The van der Waals surface area contributed by atoms with Crippen LogP contribution < -0.4 is 20.1 Å². The second-order valence-corrected chi connectivity index (χ2v) is 6.51. The highest BCUT2D eigenvalue weighted by atomic mass is 16.5. The van der Waals surface area contributed by atoms with E-state index in [1.807, 2.05) is 84.9 Å². The molecule has 30 heavy (non-hydrogen) atoms. The van der Waals surface area contributed by atoms with Gasteiger partial charge in [-0.05, 0) is 36.4 Å². The average molecular weight is 398 g/mol. The van der Waals surface area contributed by atoms with Gasteiger partial charge in [-0.25, -0.2) is 4.98 Å². The van der Waals surface area contributed by atoms with Gasteiger partial charge < -0.3 is 20.1 Å². The molecule has 4 rings (SSSR count). The van der Waals surface area contributed by atoms with Crippen molar-refractivity contribution in [3.63, 3.8) is 0 Å². The molecule has 4 aromatic rings. The zero-order valence-corrected chi connectivity index (χ0v) is 16.8. The molecule has 0 aliphatic carbocycles. The third kappa shape index (κ3) is 4.50. The van der Waals surface area contributed by atoms with E-state index in [9.17, 15) is 0 Å². The standard InChI is InChI=1S/C24H22N4O2/c1-29-19-14-12-18(13-15-19)25-24-27-21(17-8-4-3-5-9-17)16-23(28-24)26-20-10-6-7-11-22(20)30-2/h3-16H,1-2H3,(H2,25,26,27,28). The van der Waals surface area contributed by atoms with Crippen molar-refractivity contribution >= 4 is 23.1 Å². The van der Waals surface area contributed by atoms with Crippen molar-refractivity contribution in [3.05, 3.63) is 84.9 Å². The molecular formula is C24H22N4O2. The molecule has 0 aliphatic rings. The summed E-state index contributed by atoms with van der Waals surface area (Å²) in [6.07, 6.45) is 0. The summed E-state index contributed by atoms with van der Waals surface area (Å²) < 4.78 is 10.7. The highest BCUT2D eigenvalue weighted by Gasteiger charge is 2.10. The molecule has 0 bridgehead atoms. The summed E-state index contributed by atoms with van der Waals surface area (Å²) in [5.74, 6) is 2.67. The number of hydrogen-bond donors (Lipinski definition) is 2. The Morgan fingerprint density at radius 2 is 1.43 bits per heavy atom. The zero-order valence-electron chi connectivity index (χ0n) is 16.8. The highest BCUT2D eigenvalue weighted by Crippen LogP contribution is 2.29. The van der Waals surface area contributed by atoms with Gasteiger partial charge in [0.25, 0.3) is 0 Å². The van der Waals surface area contributed by atoms with E-state index in [0.29, 0.717) is 11.8 Å². The Hall–Kier alpha value is -4.06. The van der Waals surface area contributed by atoms with Crippen LogP contribution in [0.15, 0.2) is 84.9 Å². The molecule has 0 saturated carbocycles. The van der Waals surface area contributed by atoms with Crippen LogP contribution in [-0.4, -0.2) is 24.2 Å². The Bertz CT molecular complexity index is 1120. The van der Waals surface area contributed by atoms with E-state index < -0.39 is 0 Å². The molecule has 1 aromatic heterocycles. The third-order valence-electron chi connectivity index (χ3n) is 4.51. The largest absolute Gasteiger partial charge is 0.497 e. The number of benzene rings is 3. The van der Waals surface area contributed by atoms with E-state index in [1.165, 1.54) is 0 Å². The SMILES string of the molecule is COc1ccc(Nc2nc(Nc3ccccc3OC)cc(-c3ccccc3)n2)cc1. The molecule has 2 N–H and O–H groups in total. The Morgan fingerprint density at radius 1 is 0.700 bits per heavy atom. The van der Waals surface area contributed by atoms with Crippen LogP contribution in [0, 0.1) is 0 Å². The van der Waals surface area contributed by atoms with E-state index in [4.69, 9.17) is 14.5 Å². The van der Waals surface area contributed by atoms with Gasteiger partial charge in [0.2, 0.25) is 5.95 Å². The Balaban J connectivity index is 1.70. The van der Waals surface area contributed by atoms with Crippen molar-refractivity contribution in [2.45, 2.75) is 0 Å². The van der Waals surface area contributed by atoms with Crippen molar-refractivity contribution in [1.82, 2.24) is 9.97 Å². The summed E-state index contributed by atoms with van der Waals surface area (Å²) in [6, 6.07) is 27.2. The lowest BCUT2D eigenvalue weighted by molar-refractivity contribution is 0.415. The number of hydrogen-bond acceptors (Lipinski definition) is 6. The lowest BCUT2D eigenvalue weighted by atomic mass is 10.1. The minimum atomic E-state index is 0.485. The summed E-state index contributed by atoms with van der Waals surface area (Å²) >= 11 is 0. The Kier molecular flexibility index (Phi) is 5.75. The van der Waals surface area contributed by atoms with Crippen LogP contribution in [0.2, 0.25) is 0 Å². The molecule has 1 heterocycles. The molecule has 6 heteroatoms. The maximum atomic E-state index is 5.45. The number of para-hydroxylation sites is 2. The van der Waals surface area contributed by atoms with Crippen LogP contribution in [-0.2, 0) is 0 Å². The molecule has 6 nitrogen and oxygen atoms in total. The first-order valence-electron chi connectivity index (χ1n) is 9.51.